The van der Waals surface area contributed by atoms with Crippen LogP contribution in [-0.2, 0) is 0 Å². The van der Waals surface area contributed by atoms with E-state index in [2.05, 4.69) is 19.8 Å². The molecule has 1 aliphatic rings. The minimum absolute atomic E-state index is 0.0413. The SMILES string of the molecule is Cc1cccc2c(=O)n(C3CCN(CCN(c4cccc(F)c4)c4ccccn4)CC3)cnc12. The summed E-state index contributed by atoms with van der Waals surface area (Å²) in [5, 5.41) is 0.686. The Morgan fingerprint density at radius 1 is 1.03 bits per heavy atom. The summed E-state index contributed by atoms with van der Waals surface area (Å²) in [4.78, 5) is 26.6. The number of pyridine rings is 1. The Bertz CT molecular complexity index is 1330. The molecule has 0 bridgehead atoms. The molecule has 0 N–H and O–H groups in total. The van der Waals surface area contributed by atoms with Crippen molar-refractivity contribution in [3.8, 4) is 0 Å². The van der Waals surface area contributed by atoms with Gasteiger partial charge in [0, 0.05) is 44.1 Å². The average molecular weight is 458 g/mol. The number of anilines is 2. The highest BCUT2D eigenvalue weighted by Crippen LogP contribution is 2.26. The third-order valence-electron chi connectivity index (χ3n) is 6.65. The smallest absolute Gasteiger partial charge is 0.261 e. The predicted molar refractivity (Wildman–Crippen MR) is 133 cm³/mol. The second kappa shape index (κ2) is 9.73. The highest BCUT2D eigenvalue weighted by atomic mass is 19.1. The van der Waals surface area contributed by atoms with E-state index < -0.39 is 0 Å². The summed E-state index contributed by atoms with van der Waals surface area (Å²) < 4.78 is 15.7. The molecule has 0 spiro atoms. The van der Waals surface area contributed by atoms with Crippen LogP contribution in [0.5, 0.6) is 0 Å². The third kappa shape index (κ3) is 4.56. The van der Waals surface area contributed by atoms with Crippen LogP contribution in [0.1, 0.15) is 24.4 Å². The summed E-state index contributed by atoms with van der Waals surface area (Å²) >= 11 is 0. The molecule has 0 saturated carbocycles. The van der Waals surface area contributed by atoms with E-state index in [9.17, 15) is 9.18 Å². The molecule has 5 rings (SSSR count). The van der Waals surface area contributed by atoms with Crippen molar-refractivity contribution in [2.45, 2.75) is 25.8 Å². The molecule has 1 aliphatic heterocycles. The summed E-state index contributed by atoms with van der Waals surface area (Å²) in [5.74, 6) is 0.538. The molecule has 0 aliphatic carbocycles. The van der Waals surface area contributed by atoms with Gasteiger partial charge in [-0.3, -0.25) is 9.36 Å². The number of piperidine rings is 1. The normalized spacial score (nSPS) is 15.0. The number of para-hydroxylation sites is 1. The Morgan fingerprint density at radius 2 is 1.85 bits per heavy atom. The van der Waals surface area contributed by atoms with Gasteiger partial charge < -0.3 is 9.80 Å². The van der Waals surface area contributed by atoms with Gasteiger partial charge in [0.05, 0.1) is 17.2 Å². The average Bonchev–Trinajstić information content (AvgIpc) is 2.86. The lowest BCUT2D eigenvalue weighted by Crippen LogP contribution is -2.41. The lowest BCUT2D eigenvalue weighted by atomic mass is 10.0. The van der Waals surface area contributed by atoms with Crippen LogP contribution >= 0.6 is 0 Å². The first-order chi connectivity index (χ1) is 16.6. The Kier molecular flexibility index (Phi) is 6.36. The molecular weight excluding hydrogens is 429 g/mol. The number of nitrogens with zero attached hydrogens (tertiary/aromatic N) is 5. The number of rotatable bonds is 6. The van der Waals surface area contributed by atoms with Crippen molar-refractivity contribution in [1.29, 1.82) is 0 Å². The third-order valence-corrected chi connectivity index (χ3v) is 6.65. The number of benzene rings is 2. The van der Waals surface area contributed by atoms with Crippen LogP contribution in [-0.4, -0.2) is 45.6 Å². The van der Waals surface area contributed by atoms with Gasteiger partial charge in [-0.1, -0.05) is 24.3 Å². The summed E-state index contributed by atoms with van der Waals surface area (Å²) in [6.45, 7) is 5.28. The lowest BCUT2D eigenvalue weighted by Gasteiger charge is -2.34. The van der Waals surface area contributed by atoms with E-state index in [0.717, 1.165) is 55.1 Å². The Labute approximate surface area is 198 Å². The maximum Gasteiger partial charge on any atom is 0.261 e. The van der Waals surface area contributed by atoms with Crippen molar-refractivity contribution in [3.63, 3.8) is 0 Å². The Balaban J connectivity index is 1.26. The van der Waals surface area contributed by atoms with Crippen LogP contribution in [0.25, 0.3) is 10.9 Å². The van der Waals surface area contributed by atoms with Gasteiger partial charge in [0.2, 0.25) is 0 Å². The molecule has 1 saturated heterocycles. The van der Waals surface area contributed by atoms with Crippen LogP contribution in [0.4, 0.5) is 15.9 Å². The fraction of sp³-hybridized carbons (Fsp3) is 0.296. The fourth-order valence-electron chi connectivity index (χ4n) is 4.77. The predicted octanol–water partition coefficient (Wildman–Crippen LogP) is 4.71. The fourth-order valence-corrected chi connectivity index (χ4v) is 4.77. The molecule has 0 unspecified atom stereocenters. The standard InChI is InChI=1S/C27H28FN5O/c1-20-6-4-9-24-26(20)30-19-33(27(24)34)22-11-14-31(15-12-22)16-17-32(25-10-2-3-13-29-25)23-8-5-7-21(28)18-23/h2-10,13,18-19,22H,11-12,14-17H2,1H3. The number of halogens is 1. The van der Waals surface area contributed by atoms with E-state index in [0.29, 0.717) is 11.9 Å². The van der Waals surface area contributed by atoms with Gasteiger partial charge in [0.1, 0.15) is 11.6 Å². The monoisotopic (exact) mass is 457 g/mol. The summed E-state index contributed by atoms with van der Waals surface area (Å²) in [5.41, 5.74) is 2.64. The van der Waals surface area contributed by atoms with Gasteiger partial charge >= 0.3 is 0 Å². The quantitative estimate of drug-likeness (QED) is 0.420. The number of aryl methyl sites for hydroxylation is 1. The van der Waals surface area contributed by atoms with Crippen LogP contribution < -0.4 is 10.5 Å². The van der Waals surface area contributed by atoms with E-state index in [1.807, 2.05) is 54.0 Å². The van der Waals surface area contributed by atoms with Gasteiger partial charge in [-0.05, 0) is 61.7 Å². The van der Waals surface area contributed by atoms with Gasteiger partial charge in [0.25, 0.3) is 5.56 Å². The molecule has 0 atom stereocenters. The topological polar surface area (TPSA) is 54.3 Å². The summed E-state index contributed by atoms with van der Waals surface area (Å²) in [6.07, 6.45) is 5.25. The van der Waals surface area contributed by atoms with Crippen LogP contribution in [0.15, 0.2) is 78.0 Å². The van der Waals surface area contributed by atoms with Crippen LogP contribution in [0.3, 0.4) is 0 Å². The summed E-state index contributed by atoms with van der Waals surface area (Å²) in [6, 6.07) is 18.3. The molecule has 3 heterocycles. The number of likely N-dealkylation sites (tertiary alicyclic amines) is 1. The molecule has 0 amide bonds. The largest absolute Gasteiger partial charge is 0.325 e. The van der Waals surface area contributed by atoms with Gasteiger partial charge in [-0.15, -0.1) is 0 Å². The maximum absolute atomic E-state index is 13.9. The molecular formula is C27H28FN5O. The zero-order chi connectivity index (χ0) is 23.5. The molecule has 7 heteroatoms. The van der Waals surface area contributed by atoms with E-state index >= 15 is 0 Å². The summed E-state index contributed by atoms with van der Waals surface area (Å²) in [7, 11) is 0. The van der Waals surface area contributed by atoms with Crippen LogP contribution in [0, 0.1) is 12.7 Å². The number of hydrogen-bond donors (Lipinski definition) is 0. The Morgan fingerprint density at radius 3 is 2.62 bits per heavy atom. The van der Waals surface area contributed by atoms with Gasteiger partial charge in [-0.25, -0.2) is 14.4 Å². The van der Waals surface area contributed by atoms with Crippen molar-refractivity contribution >= 4 is 22.4 Å². The molecule has 174 valence electrons. The molecule has 6 nitrogen and oxygen atoms in total. The molecule has 4 aromatic rings. The molecule has 2 aromatic carbocycles. The van der Waals surface area contributed by atoms with Crippen molar-refractivity contribution in [2.24, 2.45) is 0 Å². The second-order valence-electron chi connectivity index (χ2n) is 8.82. The van der Waals surface area contributed by atoms with Crippen molar-refractivity contribution < 1.29 is 4.39 Å². The van der Waals surface area contributed by atoms with Crippen molar-refractivity contribution in [2.75, 3.05) is 31.1 Å². The zero-order valence-corrected chi connectivity index (χ0v) is 19.3. The molecule has 1 fully saturated rings. The minimum atomic E-state index is -0.260. The first-order valence-electron chi connectivity index (χ1n) is 11.7. The zero-order valence-electron chi connectivity index (χ0n) is 19.3. The highest BCUT2D eigenvalue weighted by molar-refractivity contribution is 5.80. The number of fused-ring (bicyclic) bond motifs is 1. The van der Waals surface area contributed by atoms with Gasteiger partial charge in [0.15, 0.2) is 0 Å². The number of hydrogen-bond acceptors (Lipinski definition) is 5. The van der Waals surface area contributed by atoms with E-state index in [1.165, 1.54) is 6.07 Å². The number of aromatic nitrogens is 3. The molecule has 2 aromatic heterocycles. The van der Waals surface area contributed by atoms with Crippen molar-refractivity contribution in [3.05, 3.63) is 94.9 Å². The van der Waals surface area contributed by atoms with Crippen molar-refractivity contribution in [1.82, 2.24) is 19.4 Å². The molecule has 34 heavy (non-hydrogen) atoms. The van der Waals surface area contributed by atoms with E-state index in [4.69, 9.17) is 0 Å². The maximum atomic E-state index is 13.9. The second-order valence-corrected chi connectivity index (χ2v) is 8.82. The van der Waals surface area contributed by atoms with E-state index in [-0.39, 0.29) is 17.4 Å². The highest BCUT2D eigenvalue weighted by Gasteiger charge is 2.23. The Hall–Kier alpha value is -3.58. The first-order valence-corrected chi connectivity index (χ1v) is 11.7. The van der Waals surface area contributed by atoms with Crippen LogP contribution in [0.2, 0.25) is 0 Å². The lowest BCUT2D eigenvalue weighted by molar-refractivity contribution is 0.188. The minimum Gasteiger partial charge on any atom is -0.325 e. The molecule has 0 radical (unpaired) electrons. The van der Waals surface area contributed by atoms with Gasteiger partial charge in [-0.2, -0.15) is 0 Å². The first kappa shape index (κ1) is 22.2. The van der Waals surface area contributed by atoms with E-state index in [1.54, 1.807) is 24.7 Å².